The van der Waals surface area contributed by atoms with Crippen molar-refractivity contribution in [2.45, 2.75) is 58.8 Å². The third-order valence-electron chi connectivity index (χ3n) is 6.71. The molecule has 0 saturated heterocycles. The van der Waals surface area contributed by atoms with Crippen molar-refractivity contribution < 1.29 is 27.1 Å². The van der Waals surface area contributed by atoms with Crippen LogP contribution in [0.5, 0.6) is 5.75 Å². The van der Waals surface area contributed by atoms with E-state index in [-0.39, 0.29) is 24.2 Å². The van der Waals surface area contributed by atoms with Gasteiger partial charge in [-0.1, -0.05) is 56.3 Å². The smallest absolute Gasteiger partial charge is 0.244 e. The molecule has 220 valence electrons. The van der Waals surface area contributed by atoms with E-state index in [2.05, 4.69) is 5.32 Å². The lowest BCUT2D eigenvalue weighted by atomic mass is 10.1. The maximum absolute atomic E-state index is 13.8. The van der Waals surface area contributed by atoms with E-state index >= 15 is 0 Å². The highest BCUT2D eigenvalue weighted by atomic mass is 32.2. The molecule has 3 aromatic carbocycles. The van der Waals surface area contributed by atoms with Gasteiger partial charge in [-0.15, -0.1) is 0 Å². The minimum absolute atomic E-state index is 0.00934. The van der Waals surface area contributed by atoms with Gasteiger partial charge in [-0.3, -0.25) is 13.9 Å². The van der Waals surface area contributed by atoms with Gasteiger partial charge in [0.2, 0.25) is 21.8 Å². The molecule has 3 rings (SSSR count). The first-order chi connectivity index (χ1) is 19.5. The molecule has 0 aliphatic rings. The van der Waals surface area contributed by atoms with Gasteiger partial charge in [0, 0.05) is 12.6 Å². The molecule has 0 aromatic heterocycles. The minimum Gasteiger partial charge on any atom is -0.489 e. The van der Waals surface area contributed by atoms with E-state index in [0.717, 1.165) is 16.1 Å². The van der Waals surface area contributed by atoms with Crippen LogP contribution in [0.15, 0.2) is 78.9 Å². The number of carbonyl (C=O) groups is 2. The van der Waals surface area contributed by atoms with Crippen molar-refractivity contribution >= 4 is 27.5 Å². The maximum Gasteiger partial charge on any atom is 0.244 e. The summed E-state index contributed by atoms with van der Waals surface area (Å²) in [4.78, 5) is 28.3. The summed E-state index contributed by atoms with van der Waals surface area (Å²) in [6, 6.07) is 20.8. The molecule has 0 bridgehead atoms. The van der Waals surface area contributed by atoms with E-state index in [9.17, 15) is 22.4 Å². The van der Waals surface area contributed by atoms with E-state index in [4.69, 9.17) is 4.74 Å². The summed E-state index contributed by atoms with van der Waals surface area (Å²) in [5.41, 5.74) is 1.89. The van der Waals surface area contributed by atoms with Crippen LogP contribution in [0.4, 0.5) is 10.1 Å². The first-order valence-electron chi connectivity index (χ1n) is 13.6. The zero-order valence-corrected chi connectivity index (χ0v) is 24.7. The average molecular weight is 584 g/mol. The molecule has 0 saturated carbocycles. The number of amides is 2. The van der Waals surface area contributed by atoms with Crippen LogP contribution in [0.3, 0.4) is 0 Å². The summed E-state index contributed by atoms with van der Waals surface area (Å²) in [6.07, 6.45) is 2.04. The molecule has 10 heteroatoms. The molecule has 0 heterocycles. The molecule has 0 fully saturated rings. The Morgan fingerprint density at radius 2 is 1.54 bits per heavy atom. The fourth-order valence-corrected chi connectivity index (χ4v) is 5.06. The Hall–Kier alpha value is -3.92. The van der Waals surface area contributed by atoms with Gasteiger partial charge in [-0.2, -0.15) is 0 Å². The summed E-state index contributed by atoms with van der Waals surface area (Å²) >= 11 is 0. The lowest BCUT2D eigenvalue weighted by molar-refractivity contribution is -0.140. The number of carbonyl (C=O) groups excluding carboxylic acids is 2. The van der Waals surface area contributed by atoms with Crippen LogP contribution in [0, 0.1) is 5.82 Å². The molecule has 0 unspecified atom stereocenters. The number of ether oxygens (including phenoxy) is 1. The van der Waals surface area contributed by atoms with Crippen LogP contribution in [0.2, 0.25) is 0 Å². The largest absolute Gasteiger partial charge is 0.489 e. The van der Waals surface area contributed by atoms with Gasteiger partial charge in [0.15, 0.2) is 0 Å². The number of anilines is 1. The second kappa shape index (κ2) is 14.6. The van der Waals surface area contributed by atoms with Gasteiger partial charge in [0.1, 0.15) is 30.8 Å². The van der Waals surface area contributed by atoms with Gasteiger partial charge in [0.25, 0.3) is 0 Å². The molecule has 3 aromatic rings. The first-order valence-corrected chi connectivity index (χ1v) is 15.4. The standard InChI is InChI=1S/C31H38FN3O5S/c1-5-23(3)33-31(37)29(6-2)34(20-24-12-14-26(32)15-13-24)30(36)21-35(41(4,38)39)27-16-18-28(19-17-27)40-22-25-10-8-7-9-11-25/h7-19,23,29H,5-6,20-22H2,1-4H3,(H,33,37)/t23-,29+/m1/s1. The summed E-state index contributed by atoms with van der Waals surface area (Å²) in [6.45, 7) is 5.44. The predicted molar refractivity (Wildman–Crippen MR) is 158 cm³/mol. The Morgan fingerprint density at radius 3 is 2.10 bits per heavy atom. The molecule has 2 amide bonds. The SMILES string of the molecule is CC[C@@H](C)NC(=O)[C@H](CC)N(Cc1ccc(F)cc1)C(=O)CN(c1ccc(OCc2ccccc2)cc1)S(C)(=O)=O. The van der Waals surface area contributed by atoms with Crippen LogP contribution in [0.1, 0.15) is 44.7 Å². The second-order valence-corrected chi connectivity index (χ2v) is 11.8. The van der Waals surface area contributed by atoms with Crippen LogP contribution >= 0.6 is 0 Å². The summed E-state index contributed by atoms with van der Waals surface area (Å²) in [7, 11) is -3.87. The molecule has 8 nitrogen and oxygen atoms in total. The summed E-state index contributed by atoms with van der Waals surface area (Å²) < 4.78 is 46.0. The van der Waals surface area contributed by atoms with E-state index in [1.165, 1.54) is 29.2 Å². The lowest BCUT2D eigenvalue weighted by Gasteiger charge is -2.33. The number of halogens is 1. The number of sulfonamides is 1. The van der Waals surface area contributed by atoms with Crippen molar-refractivity contribution in [1.82, 2.24) is 10.2 Å². The van der Waals surface area contributed by atoms with Gasteiger partial charge in [-0.25, -0.2) is 12.8 Å². The number of benzene rings is 3. The average Bonchev–Trinajstić information content (AvgIpc) is 2.95. The van der Waals surface area contributed by atoms with Crippen molar-refractivity contribution in [3.8, 4) is 5.75 Å². The molecule has 0 radical (unpaired) electrons. The molecule has 1 N–H and O–H groups in total. The molecule has 0 aliphatic carbocycles. The van der Waals surface area contributed by atoms with Crippen molar-refractivity contribution in [2.75, 3.05) is 17.1 Å². The highest BCUT2D eigenvalue weighted by Gasteiger charge is 2.32. The Morgan fingerprint density at radius 1 is 0.902 bits per heavy atom. The van der Waals surface area contributed by atoms with E-state index < -0.39 is 34.3 Å². The molecule has 0 spiro atoms. The fourth-order valence-electron chi connectivity index (χ4n) is 4.21. The second-order valence-electron chi connectivity index (χ2n) is 9.93. The van der Waals surface area contributed by atoms with Gasteiger partial charge < -0.3 is 15.0 Å². The highest BCUT2D eigenvalue weighted by Crippen LogP contribution is 2.23. The topological polar surface area (TPSA) is 96.0 Å². The molecular weight excluding hydrogens is 545 g/mol. The number of nitrogens with zero attached hydrogens (tertiary/aromatic N) is 2. The van der Waals surface area contributed by atoms with Gasteiger partial charge in [-0.05, 0) is 67.3 Å². The zero-order valence-electron chi connectivity index (χ0n) is 23.9. The normalized spacial score (nSPS) is 12.7. The number of nitrogens with one attached hydrogen (secondary N) is 1. The number of rotatable bonds is 14. The molecule has 41 heavy (non-hydrogen) atoms. The van der Waals surface area contributed by atoms with E-state index in [1.807, 2.05) is 44.2 Å². The fraction of sp³-hybridized carbons (Fsp3) is 0.355. The third-order valence-corrected chi connectivity index (χ3v) is 7.85. The number of hydrogen-bond donors (Lipinski definition) is 1. The Kier molecular flexibility index (Phi) is 11.3. The van der Waals surface area contributed by atoms with Crippen LogP contribution in [0.25, 0.3) is 0 Å². The van der Waals surface area contributed by atoms with Gasteiger partial charge in [0.05, 0.1) is 11.9 Å². The van der Waals surface area contributed by atoms with Crippen molar-refractivity contribution in [2.24, 2.45) is 0 Å². The van der Waals surface area contributed by atoms with Crippen LogP contribution in [-0.2, 0) is 32.8 Å². The van der Waals surface area contributed by atoms with Crippen molar-refractivity contribution in [3.05, 3.63) is 95.8 Å². The Balaban J connectivity index is 1.85. The quantitative estimate of drug-likeness (QED) is 0.292. The summed E-state index contributed by atoms with van der Waals surface area (Å²) in [5.74, 6) is -0.769. The minimum atomic E-state index is -3.87. The number of hydrogen-bond acceptors (Lipinski definition) is 5. The molecule has 0 aliphatic heterocycles. The van der Waals surface area contributed by atoms with Crippen molar-refractivity contribution in [1.29, 1.82) is 0 Å². The van der Waals surface area contributed by atoms with Crippen molar-refractivity contribution in [3.63, 3.8) is 0 Å². The molecule has 2 atom stereocenters. The van der Waals surface area contributed by atoms with Crippen LogP contribution in [-0.4, -0.2) is 50.0 Å². The Bertz CT molecular complexity index is 1380. The van der Waals surface area contributed by atoms with E-state index in [1.54, 1.807) is 31.2 Å². The highest BCUT2D eigenvalue weighted by molar-refractivity contribution is 7.92. The third kappa shape index (κ3) is 9.31. The monoisotopic (exact) mass is 583 g/mol. The predicted octanol–water partition coefficient (Wildman–Crippen LogP) is 4.89. The zero-order chi connectivity index (χ0) is 30.0. The van der Waals surface area contributed by atoms with E-state index in [0.29, 0.717) is 30.8 Å². The summed E-state index contributed by atoms with van der Waals surface area (Å²) in [5, 5.41) is 2.92. The lowest BCUT2D eigenvalue weighted by Crippen LogP contribution is -2.53. The maximum atomic E-state index is 13.8. The van der Waals surface area contributed by atoms with Gasteiger partial charge >= 0.3 is 0 Å². The van der Waals surface area contributed by atoms with Crippen LogP contribution < -0.4 is 14.4 Å². The molecular formula is C31H38FN3O5S. The first kappa shape index (κ1) is 31.6. The Labute approximate surface area is 242 Å².